The van der Waals surface area contributed by atoms with Gasteiger partial charge < -0.3 is 5.73 Å². The number of rotatable bonds is 3. The van der Waals surface area contributed by atoms with Gasteiger partial charge in [-0.2, -0.15) is 0 Å². The number of nitrogens with two attached hydrogens (primary N) is 1. The Morgan fingerprint density at radius 1 is 1.33 bits per heavy atom. The number of benzene rings is 1. The highest BCUT2D eigenvalue weighted by molar-refractivity contribution is 7.84. The van der Waals surface area contributed by atoms with Crippen LogP contribution in [0.1, 0.15) is 11.4 Å². The molecule has 0 aliphatic carbocycles. The predicted molar refractivity (Wildman–Crippen MR) is 75.0 cm³/mol. The molecule has 5 heteroatoms. The number of aromatic nitrogens is 1. The van der Waals surface area contributed by atoms with Gasteiger partial charge in [0.15, 0.2) is 0 Å². The Bertz CT molecular complexity index is 601. The van der Waals surface area contributed by atoms with Crippen molar-refractivity contribution >= 4 is 28.1 Å². The third-order valence-corrected chi connectivity index (χ3v) is 4.26. The summed E-state index contributed by atoms with van der Waals surface area (Å²) in [5.74, 6) is 0.352. The van der Waals surface area contributed by atoms with Crippen LogP contribution in [-0.4, -0.2) is 9.19 Å². The Kier molecular flexibility index (Phi) is 3.99. The second-order valence-electron chi connectivity index (χ2n) is 3.95. The van der Waals surface area contributed by atoms with Gasteiger partial charge in [0.05, 0.1) is 32.2 Å². The molecule has 1 heterocycles. The quantitative estimate of drug-likeness (QED) is 0.880. The fourth-order valence-electron chi connectivity index (χ4n) is 1.59. The Hall–Kier alpha value is -1.39. The summed E-state index contributed by atoms with van der Waals surface area (Å²) in [5.41, 5.74) is 7.87. The molecule has 0 amide bonds. The first kappa shape index (κ1) is 13.1. The average molecular weight is 281 g/mol. The lowest BCUT2D eigenvalue weighted by Crippen LogP contribution is -2.00. The summed E-state index contributed by atoms with van der Waals surface area (Å²) in [6.07, 6.45) is 0. The third kappa shape index (κ3) is 3.09. The van der Waals surface area contributed by atoms with Crippen molar-refractivity contribution in [2.24, 2.45) is 0 Å². The topological polar surface area (TPSA) is 56.0 Å². The maximum absolute atomic E-state index is 12.2. The molecule has 2 rings (SSSR count). The van der Waals surface area contributed by atoms with Crippen LogP contribution in [0.25, 0.3) is 0 Å². The Morgan fingerprint density at radius 3 is 2.78 bits per heavy atom. The van der Waals surface area contributed by atoms with Gasteiger partial charge in [0.2, 0.25) is 0 Å². The smallest absolute Gasteiger partial charge is 0.0706 e. The molecule has 18 heavy (non-hydrogen) atoms. The van der Waals surface area contributed by atoms with Gasteiger partial charge in [0.25, 0.3) is 0 Å². The van der Waals surface area contributed by atoms with Crippen molar-refractivity contribution < 1.29 is 4.21 Å². The minimum atomic E-state index is -1.21. The van der Waals surface area contributed by atoms with Gasteiger partial charge in [0, 0.05) is 11.4 Å². The van der Waals surface area contributed by atoms with Crippen molar-refractivity contribution in [3.63, 3.8) is 0 Å². The number of hydrogen-bond donors (Lipinski definition) is 1. The largest absolute Gasteiger partial charge is 0.399 e. The minimum Gasteiger partial charge on any atom is -0.399 e. The molecule has 0 saturated heterocycles. The van der Waals surface area contributed by atoms with Crippen molar-refractivity contribution in [1.29, 1.82) is 0 Å². The number of anilines is 1. The maximum Gasteiger partial charge on any atom is 0.0706 e. The standard InChI is InChI=1S/C13H13ClN2OS/c1-9-3-2-4-11(16-9)8-18(17)13-6-5-10(15)7-12(13)14/h2-7H,8,15H2,1H3. The van der Waals surface area contributed by atoms with E-state index < -0.39 is 10.8 Å². The van der Waals surface area contributed by atoms with Gasteiger partial charge in [0.1, 0.15) is 0 Å². The molecule has 1 atom stereocenters. The van der Waals surface area contributed by atoms with Crippen LogP contribution in [0.4, 0.5) is 5.69 Å². The molecular formula is C13H13ClN2OS. The number of pyridine rings is 1. The van der Waals surface area contributed by atoms with Gasteiger partial charge in [-0.3, -0.25) is 9.19 Å². The maximum atomic E-state index is 12.2. The van der Waals surface area contributed by atoms with Crippen molar-refractivity contribution in [2.45, 2.75) is 17.6 Å². The van der Waals surface area contributed by atoms with E-state index >= 15 is 0 Å². The first-order chi connectivity index (χ1) is 8.56. The zero-order valence-electron chi connectivity index (χ0n) is 9.89. The van der Waals surface area contributed by atoms with E-state index in [2.05, 4.69) is 4.98 Å². The van der Waals surface area contributed by atoms with Crippen LogP contribution in [0, 0.1) is 6.92 Å². The molecule has 2 aromatic rings. The summed E-state index contributed by atoms with van der Waals surface area (Å²) < 4.78 is 12.2. The van der Waals surface area contributed by atoms with Crippen LogP contribution in [0.3, 0.4) is 0 Å². The Morgan fingerprint density at radius 2 is 2.11 bits per heavy atom. The van der Waals surface area contributed by atoms with Gasteiger partial charge in [-0.05, 0) is 37.3 Å². The van der Waals surface area contributed by atoms with E-state index in [-0.39, 0.29) is 0 Å². The highest BCUT2D eigenvalue weighted by Crippen LogP contribution is 2.23. The summed E-state index contributed by atoms with van der Waals surface area (Å²) in [4.78, 5) is 4.92. The fourth-order valence-corrected chi connectivity index (χ4v) is 3.12. The number of nitrogens with zero attached hydrogens (tertiary/aromatic N) is 1. The molecule has 2 N–H and O–H groups in total. The monoisotopic (exact) mass is 280 g/mol. The SMILES string of the molecule is Cc1cccc(CS(=O)c2ccc(N)cc2Cl)n1. The lowest BCUT2D eigenvalue weighted by molar-refractivity contribution is 0.682. The number of hydrogen-bond acceptors (Lipinski definition) is 3. The van der Waals surface area contributed by atoms with Crippen LogP contribution in [0.15, 0.2) is 41.3 Å². The molecule has 94 valence electrons. The van der Waals surface area contributed by atoms with Gasteiger partial charge >= 0.3 is 0 Å². The molecule has 1 aromatic carbocycles. The summed E-state index contributed by atoms with van der Waals surface area (Å²) >= 11 is 6.03. The third-order valence-electron chi connectivity index (χ3n) is 2.43. The van der Waals surface area contributed by atoms with E-state index in [4.69, 9.17) is 17.3 Å². The van der Waals surface area contributed by atoms with Crippen molar-refractivity contribution in [3.8, 4) is 0 Å². The molecule has 1 unspecified atom stereocenters. The zero-order chi connectivity index (χ0) is 13.1. The molecule has 0 aliphatic rings. The van der Waals surface area contributed by atoms with Crippen LogP contribution in [0.2, 0.25) is 5.02 Å². The van der Waals surface area contributed by atoms with E-state index in [1.807, 2.05) is 25.1 Å². The van der Waals surface area contributed by atoms with Gasteiger partial charge in [-0.15, -0.1) is 0 Å². The van der Waals surface area contributed by atoms with Crippen LogP contribution < -0.4 is 5.73 Å². The lowest BCUT2D eigenvalue weighted by Gasteiger charge is -2.05. The van der Waals surface area contributed by atoms with Gasteiger partial charge in [-0.1, -0.05) is 17.7 Å². The second-order valence-corrected chi connectivity index (χ2v) is 5.78. The predicted octanol–water partition coefficient (Wildman–Crippen LogP) is 2.93. The van der Waals surface area contributed by atoms with E-state index in [0.29, 0.717) is 21.4 Å². The summed E-state index contributed by atoms with van der Waals surface area (Å²) in [6.45, 7) is 1.91. The van der Waals surface area contributed by atoms with Gasteiger partial charge in [-0.25, -0.2) is 0 Å². The summed E-state index contributed by atoms with van der Waals surface area (Å²) in [6, 6.07) is 10.7. The lowest BCUT2D eigenvalue weighted by atomic mass is 10.3. The van der Waals surface area contributed by atoms with E-state index in [9.17, 15) is 4.21 Å². The Labute approximate surface area is 113 Å². The van der Waals surface area contributed by atoms with Crippen molar-refractivity contribution in [3.05, 3.63) is 52.8 Å². The molecule has 0 radical (unpaired) electrons. The molecule has 1 aromatic heterocycles. The summed E-state index contributed by atoms with van der Waals surface area (Å²) in [5, 5.41) is 0.431. The Balaban J connectivity index is 2.22. The first-order valence-corrected chi connectivity index (χ1v) is 7.12. The molecule has 0 saturated carbocycles. The van der Waals surface area contributed by atoms with Crippen molar-refractivity contribution in [2.75, 3.05) is 5.73 Å². The van der Waals surface area contributed by atoms with Crippen LogP contribution >= 0.6 is 11.6 Å². The molecular weight excluding hydrogens is 268 g/mol. The normalized spacial score (nSPS) is 12.3. The molecule has 0 spiro atoms. The summed E-state index contributed by atoms with van der Waals surface area (Å²) in [7, 11) is -1.21. The molecule has 0 fully saturated rings. The van der Waals surface area contributed by atoms with Crippen LogP contribution in [-0.2, 0) is 16.6 Å². The van der Waals surface area contributed by atoms with E-state index in [0.717, 1.165) is 11.4 Å². The molecule has 0 bridgehead atoms. The second kappa shape index (κ2) is 5.50. The fraction of sp³-hybridized carbons (Fsp3) is 0.154. The minimum absolute atomic E-state index is 0.352. The molecule has 3 nitrogen and oxygen atoms in total. The van der Waals surface area contributed by atoms with E-state index in [1.165, 1.54) is 0 Å². The average Bonchev–Trinajstić information content (AvgIpc) is 2.28. The first-order valence-electron chi connectivity index (χ1n) is 5.42. The number of nitrogen functional groups attached to an aromatic ring is 1. The zero-order valence-corrected chi connectivity index (χ0v) is 11.5. The van der Waals surface area contributed by atoms with E-state index in [1.54, 1.807) is 18.2 Å². The van der Waals surface area contributed by atoms with Crippen molar-refractivity contribution in [1.82, 2.24) is 4.98 Å². The highest BCUT2D eigenvalue weighted by Gasteiger charge is 2.10. The molecule has 0 aliphatic heterocycles. The van der Waals surface area contributed by atoms with Crippen LogP contribution in [0.5, 0.6) is 0 Å². The highest BCUT2D eigenvalue weighted by atomic mass is 35.5. The number of halogens is 1. The number of aryl methyl sites for hydroxylation is 1.